The number of piperazine rings is 1. The van der Waals surface area contributed by atoms with Crippen molar-refractivity contribution < 1.29 is 9.84 Å². The van der Waals surface area contributed by atoms with Crippen LogP contribution in [-0.4, -0.2) is 43.3 Å². The number of nitrogens with zero attached hydrogens (tertiary/aromatic N) is 1. The summed E-state index contributed by atoms with van der Waals surface area (Å²) in [7, 11) is 1.61. The van der Waals surface area contributed by atoms with Crippen molar-refractivity contribution >= 4 is 0 Å². The highest BCUT2D eigenvalue weighted by atomic mass is 16.5. The zero-order valence-corrected chi connectivity index (χ0v) is 12.4. The fourth-order valence-corrected chi connectivity index (χ4v) is 2.69. The Bertz CT molecular complexity index is 468. The van der Waals surface area contributed by atoms with Crippen molar-refractivity contribution in [2.75, 3.05) is 33.3 Å². The van der Waals surface area contributed by atoms with Crippen LogP contribution >= 0.6 is 0 Å². The quantitative estimate of drug-likeness (QED) is 0.810. The first-order valence-electron chi connectivity index (χ1n) is 7.08. The minimum Gasteiger partial charge on any atom is -0.507 e. The van der Waals surface area contributed by atoms with E-state index in [-0.39, 0.29) is 6.04 Å². The van der Waals surface area contributed by atoms with E-state index in [0.29, 0.717) is 11.5 Å². The summed E-state index contributed by atoms with van der Waals surface area (Å²) in [6.07, 6.45) is 0.861. The third-order valence-electron chi connectivity index (χ3n) is 3.73. The molecular weight excluding hydrogens is 252 g/mol. The van der Waals surface area contributed by atoms with Gasteiger partial charge in [0.05, 0.1) is 7.11 Å². The number of phenolic OH excluding ortho intramolecular Hbond substituents is 1. The van der Waals surface area contributed by atoms with Crippen LogP contribution < -0.4 is 10.1 Å². The average molecular weight is 276 g/mol. The second-order valence-electron chi connectivity index (χ2n) is 5.39. The number of hydrogen-bond acceptors (Lipinski definition) is 4. The van der Waals surface area contributed by atoms with Gasteiger partial charge in [-0.15, -0.1) is 6.58 Å². The van der Waals surface area contributed by atoms with Gasteiger partial charge in [-0.25, -0.2) is 0 Å². The van der Waals surface area contributed by atoms with E-state index in [4.69, 9.17) is 4.74 Å². The summed E-state index contributed by atoms with van der Waals surface area (Å²) in [4.78, 5) is 2.41. The van der Waals surface area contributed by atoms with Crippen LogP contribution in [0.3, 0.4) is 0 Å². The van der Waals surface area contributed by atoms with Crippen LogP contribution in [0.4, 0.5) is 0 Å². The maximum atomic E-state index is 10.3. The maximum Gasteiger partial charge on any atom is 0.124 e. The fraction of sp³-hybridized carbons (Fsp3) is 0.500. The van der Waals surface area contributed by atoms with Gasteiger partial charge in [0.15, 0.2) is 0 Å². The molecule has 20 heavy (non-hydrogen) atoms. The number of ether oxygens (including phenoxy) is 1. The molecular formula is C16H24N2O2. The van der Waals surface area contributed by atoms with Gasteiger partial charge in [0.25, 0.3) is 0 Å². The second-order valence-corrected chi connectivity index (χ2v) is 5.39. The molecule has 0 unspecified atom stereocenters. The summed E-state index contributed by atoms with van der Waals surface area (Å²) >= 11 is 0. The van der Waals surface area contributed by atoms with E-state index in [9.17, 15) is 5.11 Å². The van der Waals surface area contributed by atoms with Gasteiger partial charge in [0.2, 0.25) is 0 Å². The lowest BCUT2D eigenvalue weighted by Gasteiger charge is -2.35. The molecule has 110 valence electrons. The van der Waals surface area contributed by atoms with Crippen molar-refractivity contribution in [1.29, 1.82) is 0 Å². The minimum atomic E-state index is 0.181. The Morgan fingerprint density at radius 3 is 2.70 bits per heavy atom. The first-order valence-corrected chi connectivity index (χ1v) is 7.08. The molecule has 0 amide bonds. The highest BCUT2D eigenvalue weighted by molar-refractivity contribution is 5.42. The Morgan fingerprint density at radius 1 is 1.45 bits per heavy atom. The van der Waals surface area contributed by atoms with Crippen LogP contribution in [-0.2, 0) is 0 Å². The van der Waals surface area contributed by atoms with Crippen molar-refractivity contribution in [1.82, 2.24) is 10.2 Å². The number of benzene rings is 1. The molecule has 1 aliphatic heterocycles. The molecule has 0 aliphatic carbocycles. The van der Waals surface area contributed by atoms with Gasteiger partial charge in [-0.3, -0.25) is 4.90 Å². The Kier molecular flexibility index (Phi) is 5.04. The van der Waals surface area contributed by atoms with Crippen molar-refractivity contribution in [3.63, 3.8) is 0 Å². The summed E-state index contributed by atoms with van der Waals surface area (Å²) in [5, 5.41) is 13.6. The molecule has 2 rings (SSSR count). The second kappa shape index (κ2) is 6.77. The monoisotopic (exact) mass is 276 g/mol. The molecule has 1 saturated heterocycles. The Labute approximate surface area is 121 Å². The van der Waals surface area contributed by atoms with E-state index < -0.39 is 0 Å². The van der Waals surface area contributed by atoms with E-state index in [0.717, 1.165) is 43.7 Å². The summed E-state index contributed by atoms with van der Waals surface area (Å²) in [6.45, 7) is 10.0. The number of rotatable bonds is 5. The average Bonchev–Trinajstić information content (AvgIpc) is 2.45. The summed E-state index contributed by atoms with van der Waals surface area (Å²) in [5.74, 6) is 0.981. The van der Waals surface area contributed by atoms with Crippen LogP contribution in [0.1, 0.15) is 24.9 Å². The number of methoxy groups -OCH3 is 1. The molecule has 1 atom stereocenters. The Balaban J connectivity index is 2.27. The molecule has 1 aliphatic rings. The molecule has 4 heteroatoms. The third kappa shape index (κ3) is 3.52. The lowest BCUT2D eigenvalue weighted by Crippen LogP contribution is -2.45. The summed E-state index contributed by atoms with van der Waals surface area (Å²) in [6, 6.07) is 5.73. The minimum absolute atomic E-state index is 0.181. The fourth-order valence-electron chi connectivity index (χ4n) is 2.69. The highest BCUT2D eigenvalue weighted by Gasteiger charge is 2.24. The SMILES string of the molecule is C=C(C)C[C@@H](c1ccc(OC)cc1O)N1CCNCC1. The highest BCUT2D eigenvalue weighted by Crippen LogP contribution is 2.35. The van der Waals surface area contributed by atoms with E-state index in [1.165, 1.54) is 0 Å². The zero-order valence-electron chi connectivity index (χ0n) is 12.4. The molecule has 0 aromatic heterocycles. The Morgan fingerprint density at radius 2 is 2.15 bits per heavy atom. The van der Waals surface area contributed by atoms with Crippen molar-refractivity contribution in [2.45, 2.75) is 19.4 Å². The van der Waals surface area contributed by atoms with Crippen LogP contribution in [0.2, 0.25) is 0 Å². The maximum absolute atomic E-state index is 10.3. The molecule has 4 nitrogen and oxygen atoms in total. The van der Waals surface area contributed by atoms with Gasteiger partial charge in [0, 0.05) is 43.9 Å². The predicted octanol–water partition coefficient (Wildman–Crippen LogP) is 2.31. The molecule has 1 heterocycles. The van der Waals surface area contributed by atoms with E-state index in [2.05, 4.69) is 16.8 Å². The van der Waals surface area contributed by atoms with Crippen LogP contribution in [0.25, 0.3) is 0 Å². The van der Waals surface area contributed by atoms with Crippen molar-refractivity contribution in [3.05, 3.63) is 35.9 Å². The number of nitrogens with one attached hydrogen (secondary N) is 1. The van der Waals surface area contributed by atoms with Crippen LogP contribution in [0.15, 0.2) is 30.4 Å². The van der Waals surface area contributed by atoms with Gasteiger partial charge in [0.1, 0.15) is 11.5 Å². The molecule has 2 N–H and O–H groups in total. The summed E-state index contributed by atoms with van der Waals surface area (Å²) < 4.78 is 5.16. The predicted molar refractivity (Wildman–Crippen MR) is 81.3 cm³/mol. The van der Waals surface area contributed by atoms with E-state index in [1.807, 2.05) is 19.1 Å². The smallest absolute Gasteiger partial charge is 0.124 e. The van der Waals surface area contributed by atoms with Crippen LogP contribution in [0, 0.1) is 0 Å². The largest absolute Gasteiger partial charge is 0.507 e. The normalized spacial score (nSPS) is 17.7. The van der Waals surface area contributed by atoms with Gasteiger partial charge < -0.3 is 15.2 Å². The van der Waals surface area contributed by atoms with E-state index in [1.54, 1.807) is 13.2 Å². The first-order chi connectivity index (χ1) is 9.61. The molecule has 0 spiro atoms. The molecule has 1 fully saturated rings. The van der Waals surface area contributed by atoms with Gasteiger partial charge in [-0.2, -0.15) is 0 Å². The summed E-state index contributed by atoms with van der Waals surface area (Å²) in [5.41, 5.74) is 2.08. The molecule has 1 aromatic rings. The Hall–Kier alpha value is -1.52. The third-order valence-corrected chi connectivity index (χ3v) is 3.73. The van der Waals surface area contributed by atoms with E-state index >= 15 is 0 Å². The lowest BCUT2D eigenvalue weighted by molar-refractivity contribution is 0.170. The van der Waals surface area contributed by atoms with Gasteiger partial charge in [-0.05, 0) is 19.4 Å². The standard InChI is InChI=1S/C16H24N2O2/c1-12(2)10-15(18-8-6-17-7-9-18)14-5-4-13(20-3)11-16(14)19/h4-5,11,15,17,19H,1,6-10H2,2-3H3/t15-/m0/s1. The van der Waals surface area contributed by atoms with Crippen LogP contribution in [0.5, 0.6) is 11.5 Å². The topological polar surface area (TPSA) is 44.7 Å². The lowest BCUT2D eigenvalue weighted by atomic mass is 9.97. The number of phenols is 1. The first kappa shape index (κ1) is 14.9. The van der Waals surface area contributed by atoms with Crippen molar-refractivity contribution in [2.24, 2.45) is 0 Å². The van der Waals surface area contributed by atoms with Crippen molar-refractivity contribution in [3.8, 4) is 11.5 Å². The zero-order chi connectivity index (χ0) is 14.5. The molecule has 0 radical (unpaired) electrons. The van der Waals surface area contributed by atoms with Gasteiger partial charge >= 0.3 is 0 Å². The number of aromatic hydroxyl groups is 1. The molecule has 1 aromatic carbocycles. The molecule has 0 bridgehead atoms. The van der Waals surface area contributed by atoms with Gasteiger partial charge in [-0.1, -0.05) is 11.6 Å². The molecule has 0 saturated carbocycles. The number of hydrogen-bond donors (Lipinski definition) is 2.